The van der Waals surface area contributed by atoms with Crippen LogP contribution in [0.25, 0.3) is 0 Å². The van der Waals surface area contributed by atoms with Crippen molar-refractivity contribution in [3.8, 4) is 0 Å². The van der Waals surface area contributed by atoms with E-state index in [-0.39, 0.29) is 0 Å². The third-order valence-electron chi connectivity index (χ3n) is 1.48. The molecule has 0 rings (SSSR count). The first-order chi connectivity index (χ1) is 8.73. The van der Waals surface area contributed by atoms with Crippen molar-refractivity contribution in [1.29, 1.82) is 0 Å². The van der Waals surface area contributed by atoms with Crippen LogP contribution in [-0.2, 0) is 23.9 Å². The molecular weight excluding hydrogens is 264 g/mol. The van der Waals surface area contributed by atoms with Gasteiger partial charge in [0.05, 0.1) is 12.8 Å². The van der Waals surface area contributed by atoms with E-state index < -0.39 is 48.9 Å². The highest BCUT2D eigenvalue weighted by Crippen LogP contribution is 2.00. The van der Waals surface area contributed by atoms with E-state index in [2.05, 4.69) is 17.9 Å². The van der Waals surface area contributed by atoms with Crippen LogP contribution < -0.4 is 0 Å². The van der Waals surface area contributed by atoms with Gasteiger partial charge in [0, 0.05) is 0 Å². The molecule has 0 aliphatic rings. The van der Waals surface area contributed by atoms with Crippen LogP contribution in [-0.4, -0.2) is 56.5 Å². The number of carbonyl (C=O) groups excluding carboxylic acids is 2. The summed E-state index contributed by atoms with van der Waals surface area (Å²) < 4.78 is 3.87. The Bertz CT molecular complexity index is 317. The van der Waals surface area contributed by atoms with Crippen LogP contribution >= 0.6 is 0 Å². The van der Waals surface area contributed by atoms with Crippen LogP contribution in [0.3, 0.4) is 0 Å². The number of rotatable bonds is 6. The fourth-order valence-corrected chi connectivity index (χ4v) is 0.733. The maximum atomic E-state index is 10.9. The van der Waals surface area contributed by atoms with E-state index in [4.69, 9.17) is 20.4 Å². The molecule has 0 spiro atoms. The average Bonchev–Trinajstić information content (AvgIpc) is 2.29. The van der Waals surface area contributed by atoms with Gasteiger partial charge in [-0.05, 0) is 0 Å². The number of carboxylic acids is 2. The second kappa shape index (κ2) is 9.74. The summed E-state index contributed by atoms with van der Waals surface area (Å²) in [6.07, 6.45) is -6.07. The molecule has 0 heterocycles. The molecule has 0 radical (unpaired) electrons. The van der Waals surface area contributed by atoms with E-state index in [9.17, 15) is 19.2 Å². The minimum atomic E-state index is -2.06. The van der Waals surface area contributed by atoms with Gasteiger partial charge in [-0.2, -0.15) is 0 Å². The van der Waals surface area contributed by atoms with E-state index in [0.717, 1.165) is 0 Å². The largest absolute Gasteiger partial charge is 0.481 e. The van der Waals surface area contributed by atoms with Gasteiger partial charge >= 0.3 is 23.9 Å². The lowest BCUT2D eigenvalue weighted by molar-refractivity contribution is -0.174. The third kappa shape index (κ3) is 9.44. The highest BCUT2D eigenvalue weighted by Gasteiger charge is 2.27. The zero-order valence-corrected chi connectivity index (χ0v) is 9.81. The summed E-state index contributed by atoms with van der Waals surface area (Å²) in [6.45, 7) is 6.00. The van der Waals surface area contributed by atoms with Crippen molar-refractivity contribution in [2.75, 3.05) is 0 Å². The molecule has 0 fully saturated rings. The van der Waals surface area contributed by atoms with E-state index in [1.54, 1.807) is 0 Å². The molecule has 0 aromatic carbocycles. The Morgan fingerprint density at radius 3 is 1.32 bits per heavy atom. The van der Waals surface area contributed by atoms with E-state index in [1.807, 2.05) is 0 Å². The van der Waals surface area contributed by atoms with E-state index in [1.165, 1.54) is 0 Å². The van der Waals surface area contributed by atoms with Gasteiger partial charge in [0.15, 0.2) is 12.2 Å². The number of aliphatic hydroxyl groups excluding tert-OH is 2. The molecule has 0 saturated carbocycles. The molecule has 0 saturated heterocycles. The Morgan fingerprint density at radius 1 is 0.842 bits per heavy atom. The van der Waals surface area contributed by atoms with Crippen molar-refractivity contribution in [2.45, 2.75) is 25.0 Å². The summed E-state index contributed by atoms with van der Waals surface area (Å²) in [5.41, 5.74) is 0. The highest BCUT2D eigenvalue weighted by molar-refractivity contribution is 5.92. The zero-order valence-electron chi connectivity index (χ0n) is 9.81. The summed E-state index contributed by atoms with van der Waals surface area (Å²) in [4.78, 5) is 41.9. The summed E-state index contributed by atoms with van der Waals surface area (Å²) >= 11 is 0. The van der Waals surface area contributed by atoms with Gasteiger partial charge < -0.3 is 25.2 Å². The molecule has 0 aromatic rings. The number of aliphatic carboxylic acids is 2. The van der Waals surface area contributed by atoms with Gasteiger partial charge in [0.2, 0.25) is 0 Å². The standard InChI is InChI=1S/C8H10O9.C2H4/c9-3(1-5(11)12)7(15)17-8(16)4(10)2-6(13)14;1-2/h3-4,9-10H,1-2H2,(H,11,12)(H,13,14);1-2H2. The predicted octanol–water partition coefficient (Wildman–Crippen LogP) is -1.47. The molecule has 0 amide bonds. The Kier molecular flexibility index (Phi) is 9.78. The Morgan fingerprint density at radius 2 is 1.11 bits per heavy atom. The number of esters is 2. The lowest BCUT2D eigenvalue weighted by Gasteiger charge is -2.09. The maximum absolute atomic E-state index is 10.9. The number of ether oxygens (including phenoxy) is 1. The molecule has 4 N–H and O–H groups in total. The van der Waals surface area contributed by atoms with Crippen LogP contribution in [0.1, 0.15) is 12.8 Å². The van der Waals surface area contributed by atoms with Gasteiger partial charge in [-0.25, -0.2) is 9.59 Å². The highest BCUT2D eigenvalue weighted by atomic mass is 16.6. The quantitative estimate of drug-likeness (QED) is 0.258. The van der Waals surface area contributed by atoms with Gasteiger partial charge in [-0.3, -0.25) is 9.59 Å². The van der Waals surface area contributed by atoms with Crippen LogP contribution in [0.4, 0.5) is 0 Å². The molecule has 9 nitrogen and oxygen atoms in total. The topological polar surface area (TPSA) is 158 Å². The van der Waals surface area contributed by atoms with Crippen LogP contribution in [0.15, 0.2) is 13.2 Å². The minimum Gasteiger partial charge on any atom is -0.481 e. The van der Waals surface area contributed by atoms with E-state index >= 15 is 0 Å². The fourth-order valence-electron chi connectivity index (χ4n) is 0.733. The number of carbonyl (C=O) groups is 4. The minimum absolute atomic E-state index is 0.971. The molecule has 19 heavy (non-hydrogen) atoms. The SMILES string of the molecule is C=C.O=C(O)CC(O)C(=O)OC(=O)C(O)CC(=O)O. The number of hydrogen-bond donors (Lipinski definition) is 4. The molecule has 0 bridgehead atoms. The van der Waals surface area contributed by atoms with Crippen molar-refractivity contribution < 1.29 is 44.3 Å². The van der Waals surface area contributed by atoms with Crippen molar-refractivity contribution in [3.05, 3.63) is 13.2 Å². The first-order valence-corrected chi connectivity index (χ1v) is 4.79. The third-order valence-corrected chi connectivity index (χ3v) is 1.48. The molecule has 0 aliphatic carbocycles. The Balaban J connectivity index is 0. The molecule has 2 atom stereocenters. The molecule has 0 aliphatic heterocycles. The van der Waals surface area contributed by atoms with Gasteiger partial charge in [0.25, 0.3) is 0 Å². The van der Waals surface area contributed by atoms with Crippen molar-refractivity contribution in [2.24, 2.45) is 0 Å². The van der Waals surface area contributed by atoms with Crippen molar-refractivity contribution in [1.82, 2.24) is 0 Å². The second-order valence-electron chi connectivity index (χ2n) is 2.97. The summed E-state index contributed by atoms with van der Waals surface area (Å²) in [5, 5.41) is 34.2. The second-order valence-corrected chi connectivity index (χ2v) is 2.97. The normalized spacial score (nSPS) is 12.3. The maximum Gasteiger partial charge on any atom is 0.343 e. The monoisotopic (exact) mass is 278 g/mol. The van der Waals surface area contributed by atoms with Crippen LogP contribution in [0.5, 0.6) is 0 Å². The van der Waals surface area contributed by atoms with Crippen LogP contribution in [0, 0.1) is 0 Å². The molecule has 9 heteroatoms. The smallest absolute Gasteiger partial charge is 0.343 e. The Labute approximate surface area is 107 Å². The average molecular weight is 278 g/mol. The lowest BCUT2D eigenvalue weighted by Crippen LogP contribution is -2.33. The summed E-state index contributed by atoms with van der Waals surface area (Å²) in [7, 11) is 0. The molecular formula is C10H14O9. The first-order valence-electron chi connectivity index (χ1n) is 4.79. The predicted molar refractivity (Wildman–Crippen MR) is 58.9 cm³/mol. The van der Waals surface area contributed by atoms with Crippen LogP contribution in [0.2, 0.25) is 0 Å². The lowest BCUT2D eigenvalue weighted by atomic mass is 10.2. The summed E-state index contributed by atoms with van der Waals surface area (Å²) in [6, 6.07) is 0. The Hall–Kier alpha value is -2.26. The summed E-state index contributed by atoms with van der Waals surface area (Å²) in [5.74, 6) is -6.12. The molecule has 0 aromatic heterocycles. The first kappa shape index (κ1) is 19.1. The van der Waals surface area contributed by atoms with Crippen molar-refractivity contribution in [3.63, 3.8) is 0 Å². The number of aliphatic hydroxyl groups is 2. The van der Waals surface area contributed by atoms with E-state index in [0.29, 0.717) is 0 Å². The molecule has 2 unspecified atom stereocenters. The number of hydrogen-bond acceptors (Lipinski definition) is 7. The van der Waals surface area contributed by atoms with Gasteiger partial charge in [-0.1, -0.05) is 0 Å². The van der Waals surface area contributed by atoms with Gasteiger partial charge in [0.1, 0.15) is 0 Å². The number of carboxylic acid groups (broad SMARTS) is 2. The van der Waals surface area contributed by atoms with Gasteiger partial charge in [-0.15, -0.1) is 13.2 Å². The fraction of sp³-hybridized carbons (Fsp3) is 0.400. The zero-order chi connectivity index (χ0) is 15.6. The molecule has 108 valence electrons. The van der Waals surface area contributed by atoms with Crippen molar-refractivity contribution >= 4 is 23.9 Å².